The van der Waals surface area contributed by atoms with E-state index in [9.17, 15) is 0 Å². The minimum absolute atomic E-state index is 0.562. The van der Waals surface area contributed by atoms with Crippen LogP contribution in [0.4, 0.5) is 11.4 Å². The zero-order valence-electron chi connectivity index (χ0n) is 13.5. The van der Waals surface area contributed by atoms with Crippen LogP contribution in [0.1, 0.15) is 5.56 Å². The summed E-state index contributed by atoms with van der Waals surface area (Å²) in [6.45, 7) is 2.00. The van der Waals surface area contributed by atoms with Crippen LogP contribution >= 0.6 is 0 Å². The van der Waals surface area contributed by atoms with E-state index in [-0.39, 0.29) is 0 Å². The smallest absolute Gasteiger partial charge is 0.203 e. The van der Waals surface area contributed by atoms with E-state index in [0.717, 1.165) is 22.7 Å². The van der Waals surface area contributed by atoms with Crippen LogP contribution in [-0.4, -0.2) is 28.4 Å². The monoisotopic (exact) mass is 303 g/mol. The third kappa shape index (κ3) is 3.03. The number of anilines is 2. The van der Waals surface area contributed by atoms with Gasteiger partial charge in [-0.15, -0.1) is 0 Å². The molecule has 0 bridgehead atoms. The summed E-state index contributed by atoms with van der Waals surface area (Å²) in [5.74, 6) is 2.55. The first-order valence-electron chi connectivity index (χ1n) is 6.85. The number of para-hydroxylation sites is 1. The molecule has 0 amide bonds. The van der Waals surface area contributed by atoms with Gasteiger partial charge >= 0.3 is 0 Å². The standard InChI is InChI=1S/C17H21NO4/c1-11-7-6-8-13(16(11)21-4)18-12-9-14(19-2)17(22-5)15(10-12)20-3/h6-10,18H,1-5H3. The summed E-state index contributed by atoms with van der Waals surface area (Å²) in [6.07, 6.45) is 0. The molecular weight excluding hydrogens is 282 g/mol. The SMILES string of the molecule is COc1cc(Nc2cccc(C)c2OC)cc(OC)c1OC. The maximum atomic E-state index is 5.46. The van der Waals surface area contributed by atoms with E-state index in [4.69, 9.17) is 18.9 Å². The lowest BCUT2D eigenvalue weighted by atomic mass is 10.1. The molecule has 2 aromatic rings. The van der Waals surface area contributed by atoms with Crippen molar-refractivity contribution in [2.24, 2.45) is 0 Å². The lowest BCUT2D eigenvalue weighted by Gasteiger charge is -2.17. The van der Waals surface area contributed by atoms with Gasteiger partial charge in [0.2, 0.25) is 5.75 Å². The van der Waals surface area contributed by atoms with Crippen LogP contribution in [0.3, 0.4) is 0 Å². The fourth-order valence-corrected chi connectivity index (χ4v) is 2.33. The van der Waals surface area contributed by atoms with Gasteiger partial charge in [0, 0.05) is 17.8 Å². The first kappa shape index (κ1) is 15.8. The maximum absolute atomic E-state index is 5.46. The molecule has 2 rings (SSSR count). The fourth-order valence-electron chi connectivity index (χ4n) is 2.33. The van der Waals surface area contributed by atoms with Crippen LogP contribution in [0, 0.1) is 6.92 Å². The molecule has 22 heavy (non-hydrogen) atoms. The van der Waals surface area contributed by atoms with Crippen molar-refractivity contribution in [2.45, 2.75) is 6.92 Å². The number of rotatable bonds is 6. The van der Waals surface area contributed by atoms with E-state index in [1.54, 1.807) is 28.4 Å². The Balaban J connectivity index is 2.44. The molecule has 0 saturated heterocycles. The lowest BCUT2D eigenvalue weighted by molar-refractivity contribution is 0.324. The molecule has 0 aliphatic heterocycles. The molecule has 5 nitrogen and oxygen atoms in total. The van der Waals surface area contributed by atoms with Crippen molar-refractivity contribution in [3.63, 3.8) is 0 Å². The topological polar surface area (TPSA) is 49.0 Å². The molecule has 0 heterocycles. The zero-order valence-corrected chi connectivity index (χ0v) is 13.5. The summed E-state index contributed by atoms with van der Waals surface area (Å²) in [4.78, 5) is 0. The molecule has 0 unspecified atom stereocenters. The molecule has 0 fully saturated rings. The summed E-state index contributed by atoms with van der Waals surface area (Å²) in [5, 5.41) is 3.32. The van der Waals surface area contributed by atoms with Crippen molar-refractivity contribution in [1.29, 1.82) is 0 Å². The molecular formula is C17H21NO4. The van der Waals surface area contributed by atoms with Crippen LogP contribution in [-0.2, 0) is 0 Å². The van der Waals surface area contributed by atoms with Crippen molar-refractivity contribution in [2.75, 3.05) is 33.8 Å². The van der Waals surface area contributed by atoms with E-state index in [2.05, 4.69) is 5.32 Å². The number of hydrogen-bond donors (Lipinski definition) is 1. The van der Waals surface area contributed by atoms with Crippen molar-refractivity contribution in [3.8, 4) is 23.0 Å². The second-order valence-electron chi connectivity index (χ2n) is 4.69. The highest BCUT2D eigenvalue weighted by molar-refractivity contribution is 5.72. The van der Waals surface area contributed by atoms with Crippen molar-refractivity contribution >= 4 is 11.4 Å². The van der Waals surface area contributed by atoms with E-state index in [1.165, 1.54) is 0 Å². The molecule has 118 valence electrons. The Kier molecular flexibility index (Phi) is 4.99. The Morgan fingerprint density at radius 1 is 0.773 bits per heavy atom. The number of aryl methyl sites for hydroxylation is 1. The van der Waals surface area contributed by atoms with E-state index in [0.29, 0.717) is 17.2 Å². The van der Waals surface area contributed by atoms with Gasteiger partial charge in [0.1, 0.15) is 5.75 Å². The van der Waals surface area contributed by atoms with Crippen molar-refractivity contribution < 1.29 is 18.9 Å². The number of ether oxygens (including phenoxy) is 4. The summed E-state index contributed by atoms with van der Waals surface area (Å²) in [7, 11) is 6.42. The van der Waals surface area contributed by atoms with Crippen LogP contribution in [0.2, 0.25) is 0 Å². The predicted molar refractivity (Wildman–Crippen MR) is 87.1 cm³/mol. The number of methoxy groups -OCH3 is 4. The second-order valence-corrected chi connectivity index (χ2v) is 4.69. The van der Waals surface area contributed by atoms with Gasteiger partial charge in [-0.05, 0) is 18.6 Å². The van der Waals surface area contributed by atoms with Crippen molar-refractivity contribution in [1.82, 2.24) is 0 Å². The molecule has 5 heteroatoms. The first-order chi connectivity index (χ1) is 10.6. The minimum Gasteiger partial charge on any atom is -0.494 e. The largest absolute Gasteiger partial charge is 0.494 e. The predicted octanol–water partition coefficient (Wildman–Crippen LogP) is 3.77. The van der Waals surface area contributed by atoms with E-state index in [1.807, 2.05) is 37.3 Å². The summed E-state index contributed by atoms with van der Waals surface area (Å²) in [6, 6.07) is 9.62. The molecule has 0 aliphatic carbocycles. The van der Waals surface area contributed by atoms with Gasteiger partial charge in [-0.25, -0.2) is 0 Å². The molecule has 0 atom stereocenters. The highest BCUT2D eigenvalue weighted by Crippen LogP contribution is 2.41. The van der Waals surface area contributed by atoms with Gasteiger partial charge < -0.3 is 24.3 Å². The molecule has 0 spiro atoms. The van der Waals surface area contributed by atoms with Crippen LogP contribution < -0.4 is 24.3 Å². The van der Waals surface area contributed by atoms with Crippen LogP contribution in [0.5, 0.6) is 23.0 Å². The number of hydrogen-bond acceptors (Lipinski definition) is 5. The second kappa shape index (κ2) is 6.93. The van der Waals surface area contributed by atoms with Crippen LogP contribution in [0.15, 0.2) is 30.3 Å². The average molecular weight is 303 g/mol. The average Bonchev–Trinajstić information content (AvgIpc) is 2.54. The van der Waals surface area contributed by atoms with Crippen LogP contribution in [0.25, 0.3) is 0 Å². The molecule has 2 aromatic carbocycles. The molecule has 0 saturated carbocycles. The van der Waals surface area contributed by atoms with Gasteiger partial charge in [0.15, 0.2) is 11.5 Å². The van der Waals surface area contributed by atoms with Gasteiger partial charge in [0.05, 0.1) is 34.1 Å². The van der Waals surface area contributed by atoms with Gasteiger partial charge in [-0.3, -0.25) is 0 Å². The molecule has 0 radical (unpaired) electrons. The Morgan fingerprint density at radius 2 is 1.36 bits per heavy atom. The fraction of sp³-hybridized carbons (Fsp3) is 0.294. The third-order valence-electron chi connectivity index (χ3n) is 3.36. The van der Waals surface area contributed by atoms with E-state index >= 15 is 0 Å². The first-order valence-corrected chi connectivity index (χ1v) is 6.85. The van der Waals surface area contributed by atoms with E-state index < -0.39 is 0 Å². The Hall–Kier alpha value is -2.56. The Morgan fingerprint density at radius 3 is 1.86 bits per heavy atom. The van der Waals surface area contributed by atoms with Crippen molar-refractivity contribution in [3.05, 3.63) is 35.9 Å². The highest BCUT2D eigenvalue weighted by atomic mass is 16.5. The Labute approximate surface area is 130 Å². The summed E-state index contributed by atoms with van der Waals surface area (Å²) >= 11 is 0. The maximum Gasteiger partial charge on any atom is 0.203 e. The quantitative estimate of drug-likeness (QED) is 0.880. The van der Waals surface area contributed by atoms with Gasteiger partial charge in [-0.2, -0.15) is 0 Å². The molecule has 0 aliphatic rings. The van der Waals surface area contributed by atoms with Gasteiger partial charge in [-0.1, -0.05) is 12.1 Å². The lowest BCUT2D eigenvalue weighted by Crippen LogP contribution is -1.99. The number of benzene rings is 2. The van der Waals surface area contributed by atoms with Gasteiger partial charge in [0.25, 0.3) is 0 Å². The normalized spacial score (nSPS) is 10.0. The Bertz CT molecular complexity index is 630. The number of nitrogens with one attached hydrogen (secondary N) is 1. The minimum atomic E-state index is 0.562. The summed E-state index contributed by atoms with van der Waals surface area (Å²) < 4.78 is 21.5. The highest BCUT2D eigenvalue weighted by Gasteiger charge is 2.14. The molecule has 1 N–H and O–H groups in total. The molecule has 0 aromatic heterocycles. The zero-order chi connectivity index (χ0) is 16.1. The third-order valence-corrected chi connectivity index (χ3v) is 3.36. The summed E-state index contributed by atoms with van der Waals surface area (Å²) in [5.41, 5.74) is 2.75.